The normalized spacial score (nSPS) is 12.2. The summed E-state index contributed by atoms with van der Waals surface area (Å²) in [6.45, 7) is 8.10. The average molecular weight is 237 g/mol. The quantitative estimate of drug-likeness (QED) is 0.791. The Bertz CT molecular complexity index is 339. The topological polar surface area (TPSA) is 30.5 Å². The number of hydrogen-bond donors (Lipinski definition) is 1. The van der Waals surface area contributed by atoms with Crippen LogP contribution in [0.1, 0.15) is 25.8 Å². The predicted octanol–water partition coefficient (Wildman–Crippen LogP) is 2.77. The molecule has 0 bridgehead atoms. The fraction of sp³-hybridized carbons (Fsp3) is 0.571. The Kier molecular flexibility index (Phi) is 5.84. The van der Waals surface area contributed by atoms with Gasteiger partial charge in [0, 0.05) is 6.54 Å². The maximum atomic E-state index is 5.96. The van der Waals surface area contributed by atoms with Gasteiger partial charge in [0.05, 0.1) is 7.11 Å². The van der Waals surface area contributed by atoms with Gasteiger partial charge in [-0.1, -0.05) is 19.9 Å². The molecule has 1 unspecified atom stereocenters. The number of likely N-dealkylation sites (N-methyl/N-ethyl adjacent to an activating group) is 1. The van der Waals surface area contributed by atoms with Crippen LogP contribution in [0.15, 0.2) is 18.2 Å². The van der Waals surface area contributed by atoms with Crippen LogP contribution in [0.25, 0.3) is 0 Å². The van der Waals surface area contributed by atoms with Crippen LogP contribution in [-0.2, 0) is 0 Å². The summed E-state index contributed by atoms with van der Waals surface area (Å²) < 4.78 is 11.3. The van der Waals surface area contributed by atoms with Crippen molar-refractivity contribution in [3.05, 3.63) is 23.8 Å². The van der Waals surface area contributed by atoms with Gasteiger partial charge in [0.1, 0.15) is 6.10 Å². The molecule has 0 radical (unpaired) electrons. The van der Waals surface area contributed by atoms with Crippen molar-refractivity contribution in [2.45, 2.75) is 33.3 Å². The van der Waals surface area contributed by atoms with Crippen molar-refractivity contribution in [1.29, 1.82) is 0 Å². The molecule has 0 spiro atoms. The third-order valence-corrected chi connectivity index (χ3v) is 2.69. The van der Waals surface area contributed by atoms with Crippen LogP contribution >= 0.6 is 0 Å². The molecule has 0 aliphatic heterocycles. The molecule has 0 fully saturated rings. The minimum atomic E-state index is 0.187. The van der Waals surface area contributed by atoms with E-state index in [1.165, 1.54) is 5.56 Å². The molecule has 0 aliphatic rings. The van der Waals surface area contributed by atoms with Crippen LogP contribution in [-0.4, -0.2) is 26.3 Å². The summed E-state index contributed by atoms with van der Waals surface area (Å²) in [5.74, 6) is 1.63. The molecule has 1 atom stereocenters. The molecule has 0 amide bonds. The van der Waals surface area contributed by atoms with E-state index in [-0.39, 0.29) is 6.10 Å². The molecular weight excluding hydrogens is 214 g/mol. The molecule has 1 rings (SSSR count). The highest BCUT2D eigenvalue weighted by Gasteiger charge is 2.11. The molecule has 3 heteroatoms. The lowest BCUT2D eigenvalue weighted by Gasteiger charge is -2.19. The molecule has 0 heterocycles. The molecule has 96 valence electrons. The number of nitrogens with one attached hydrogen (secondary N) is 1. The monoisotopic (exact) mass is 237 g/mol. The Morgan fingerprint density at radius 1 is 1.24 bits per heavy atom. The van der Waals surface area contributed by atoms with Crippen molar-refractivity contribution in [2.24, 2.45) is 0 Å². The smallest absolute Gasteiger partial charge is 0.161 e. The lowest BCUT2D eigenvalue weighted by atomic mass is 10.2. The third-order valence-electron chi connectivity index (χ3n) is 2.69. The predicted molar refractivity (Wildman–Crippen MR) is 71.0 cm³/mol. The number of aryl methyl sites for hydroxylation is 1. The fourth-order valence-corrected chi connectivity index (χ4v) is 1.63. The van der Waals surface area contributed by atoms with Gasteiger partial charge in [0.15, 0.2) is 11.5 Å². The number of ether oxygens (including phenoxy) is 2. The van der Waals surface area contributed by atoms with Crippen molar-refractivity contribution in [3.8, 4) is 11.5 Å². The van der Waals surface area contributed by atoms with Crippen LogP contribution in [0.2, 0.25) is 0 Å². The zero-order chi connectivity index (χ0) is 12.7. The molecule has 17 heavy (non-hydrogen) atoms. The molecule has 0 saturated carbocycles. The van der Waals surface area contributed by atoms with E-state index in [1.807, 2.05) is 25.1 Å². The second-order valence-corrected chi connectivity index (χ2v) is 4.11. The van der Waals surface area contributed by atoms with Crippen LogP contribution < -0.4 is 14.8 Å². The lowest BCUT2D eigenvalue weighted by molar-refractivity contribution is 0.186. The first kappa shape index (κ1) is 13.8. The zero-order valence-electron chi connectivity index (χ0n) is 11.2. The highest BCUT2D eigenvalue weighted by molar-refractivity contribution is 5.42. The molecule has 0 aliphatic carbocycles. The first-order valence-corrected chi connectivity index (χ1v) is 6.23. The summed E-state index contributed by atoms with van der Waals surface area (Å²) in [6, 6.07) is 6.01. The maximum Gasteiger partial charge on any atom is 0.161 e. The molecule has 1 aromatic carbocycles. The largest absolute Gasteiger partial charge is 0.493 e. The van der Waals surface area contributed by atoms with Crippen LogP contribution in [0.4, 0.5) is 0 Å². The Morgan fingerprint density at radius 2 is 2.00 bits per heavy atom. The standard InChI is InChI=1S/C14H23NO2/c1-5-12(10-15-6-2)17-13-8-7-11(3)9-14(13)16-4/h7-9,12,15H,5-6,10H2,1-4H3. The maximum absolute atomic E-state index is 5.96. The van der Waals surface area contributed by atoms with Gasteiger partial charge in [-0.05, 0) is 37.6 Å². The van der Waals surface area contributed by atoms with Crippen molar-refractivity contribution in [3.63, 3.8) is 0 Å². The lowest BCUT2D eigenvalue weighted by Crippen LogP contribution is -2.30. The van der Waals surface area contributed by atoms with Crippen LogP contribution in [0.5, 0.6) is 11.5 Å². The van der Waals surface area contributed by atoms with E-state index in [9.17, 15) is 0 Å². The van der Waals surface area contributed by atoms with E-state index in [0.29, 0.717) is 0 Å². The van der Waals surface area contributed by atoms with Gasteiger partial charge in [-0.25, -0.2) is 0 Å². The highest BCUT2D eigenvalue weighted by atomic mass is 16.5. The summed E-state index contributed by atoms with van der Waals surface area (Å²) in [7, 11) is 1.67. The minimum Gasteiger partial charge on any atom is -0.493 e. The third kappa shape index (κ3) is 4.27. The average Bonchev–Trinajstić information content (AvgIpc) is 2.35. The summed E-state index contributed by atoms with van der Waals surface area (Å²) in [5, 5.41) is 3.30. The molecule has 0 aromatic heterocycles. The van der Waals surface area contributed by atoms with Crippen molar-refractivity contribution in [1.82, 2.24) is 5.32 Å². The zero-order valence-corrected chi connectivity index (χ0v) is 11.2. The van der Waals surface area contributed by atoms with Crippen LogP contribution in [0.3, 0.4) is 0 Å². The number of methoxy groups -OCH3 is 1. The van der Waals surface area contributed by atoms with Gasteiger partial charge in [-0.3, -0.25) is 0 Å². The molecule has 0 saturated heterocycles. The number of rotatable bonds is 7. The SMILES string of the molecule is CCNCC(CC)Oc1ccc(C)cc1OC. The van der Waals surface area contributed by atoms with Gasteiger partial charge in [0.2, 0.25) is 0 Å². The van der Waals surface area contributed by atoms with Gasteiger partial charge >= 0.3 is 0 Å². The second kappa shape index (κ2) is 7.17. The van der Waals surface area contributed by atoms with Gasteiger partial charge in [-0.2, -0.15) is 0 Å². The minimum absolute atomic E-state index is 0.187. The van der Waals surface area contributed by atoms with Crippen molar-refractivity contribution in [2.75, 3.05) is 20.2 Å². The summed E-state index contributed by atoms with van der Waals surface area (Å²) in [5.41, 5.74) is 1.17. The Balaban J connectivity index is 2.71. The summed E-state index contributed by atoms with van der Waals surface area (Å²) >= 11 is 0. The second-order valence-electron chi connectivity index (χ2n) is 4.11. The van der Waals surface area contributed by atoms with Gasteiger partial charge in [0.25, 0.3) is 0 Å². The Morgan fingerprint density at radius 3 is 2.59 bits per heavy atom. The van der Waals surface area contributed by atoms with E-state index in [4.69, 9.17) is 9.47 Å². The van der Waals surface area contributed by atoms with Crippen LogP contribution in [0, 0.1) is 6.92 Å². The molecular formula is C14H23NO2. The molecule has 1 aromatic rings. The molecule has 3 nitrogen and oxygen atoms in total. The van der Waals surface area contributed by atoms with E-state index in [2.05, 4.69) is 19.2 Å². The first-order valence-electron chi connectivity index (χ1n) is 6.23. The van der Waals surface area contributed by atoms with E-state index in [1.54, 1.807) is 7.11 Å². The van der Waals surface area contributed by atoms with Crippen molar-refractivity contribution < 1.29 is 9.47 Å². The Labute approximate surface area is 104 Å². The van der Waals surface area contributed by atoms with Gasteiger partial charge < -0.3 is 14.8 Å². The van der Waals surface area contributed by atoms with E-state index >= 15 is 0 Å². The summed E-state index contributed by atoms with van der Waals surface area (Å²) in [4.78, 5) is 0. The van der Waals surface area contributed by atoms with E-state index in [0.717, 1.165) is 31.0 Å². The fourth-order valence-electron chi connectivity index (χ4n) is 1.63. The number of hydrogen-bond acceptors (Lipinski definition) is 3. The Hall–Kier alpha value is -1.22. The number of benzene rings is 1. The van der Waals surface area contributed by atoms with Crippen molar-refractivity contribution >= 4 is 0 Å². The first-order chi connectivity index (χ1) is 8.21. The van der Waals surface area contributed by atoms with Gasteiger partial charge in [-0.15, -0.1) is 0 Å². The summed E-state index contributed by atoms with van der Waals surface area (Å²) in [6.07, 6.45) is 1.16. The highest BCUT2D eigenvalue weighted by Crippen LogP contribution is 2.28. The molecule has 1 N–H and O–H groups in total. The van der Waals surface area contributed by atoms with E-state index < -0.39 is 0 Å².